The van der Waals surface area contributed by atoms with E-state index in [4.69, 9.17) is 15.0 Å². The van der Waals surface area contributed by atoms with E-state index in [2.05, 4.69) is 89.5 Å². The first kappa shape index (κ1) is 25.6. The van der Waals surface area contributed by atoms with Crippen molar-refractivity contribution in [3.05, 3.63) is 151 Å². The van der Waals surface area contributed by atoms with Crippen molar-refractivity contribution >= 4 is 38.7 Å². The second-order valence-corrected chi connectivity index (χ2v) is 11.6. The number of hydrogen-bond acceptors (Lipinski definition) is 3. The summed E-state index contributed by atoms with van der Waals surface area (Å²) in [6, 6.07) is 46.7. The lowest BCUT2D eigenvalue weighted by Crippen LogP contribution is -2.00. The Labute approximate surface area is 261 Å². The average Bonchev–Trinajstić information content (AvgIpc) is 3.48. The summed E-state index contributed by atoms with van der Waals surface area (Å²) in [4.78, 5) is 14.7. The van der Waals surface area contributed by atoms with Crippen LogP contribution in [0.15, 0.2) is 140 Å². The lowest BCUT2D eigenvalue weighted by Gasteiger charge is -2.13. The highest BCUT2D eigenvalue weighted by Gasteiger charge is 2.20. The molecule has 0 fully saturated rings. The number of fused-ring (bicyclic) bond motifs is 7. The van der Waals surface area contributed by atoms with Crippen LogP contribution in [-0.2, 0) is 6.42 Å². The fourth-order valence-electron chi connectivity index (χ4n) is 6.76. The molecule has 45 heavy (non-hydrogen) atoms. The molecule has 6 aromatic carbocycles. The largest absolute Gasteiger partial charge is 0.309 e. The van der Waals surface area contributed by atoms with E-state index in [0.717, 1.165) is 35.2 Å². The zero-order valence-electron chi connectivity index (χ0n) is 24.6. The van der Waals surface area contributed by atoms with Gasteiger partial charge >= 0.3 is 0 Å². The van der Waals surface area contributed by atoms with E-state index >= 15 is 0 Å². The topological polar surface area (TPSA) is 43.6 Å². The Morgan fingerprint density at radius 1 is 0.489 bits per heavy atom. The molecule has 2 aromatic heterocycles. The minimum absolute atomic E-state index is 0.654. The Kier molecular flexibility index (Phi) is 5.91. The summed E-state index contributed by atoms with van der Waals surface area (Å²) in [5.41, 5.74) is 9.18. The van der Waals surface area contributed by atoms with Crippen molar-refractivity contribution in [2.45, 2.75) is 12.8 Å². The van der Waals surface area contributed by atoms with Gasteiger partial charge in [0.1, 0.15) is 0 Å². The van der Waals surface area contributed by atoms with Crippen molar-refractivity contribution in [3.63, 3.8) is 0 Å². The van der Waals surface area contributed by atoms with Gasteiger partial charge in [0, 0.05) is 33.2 Å². The molecule has 0 radical (unpaired) electrons. The molecule has 4 nitrogen and oxygen atoms in total. The summed E-state index contributed by atoms with van der Waals surface area (Å²) in [5, 5.41) is 5.19. The van der Waals surface area contributed by atoms with Gasteiger partial charge in [-0.3, -0.25) is 0 Å². The predicted molar refractivity (Wildman–Crippen MR) is 185 cm³/mol. The number of aromatic nitrogens is 4. The van der Waals surface area contributed by atoms with Crippen LogP contribution in [0.5, 0.6) is 0 Å². The molecule has 8 aromatic rings. The maximum absolute atomic E-state index is 4.94. The number of aryl methyl sites for hydroxylation is 1. The van der Waals surface area contributed by atoms with Gasteiger partial charge in [0.2, 0.25) is 0 Å². The van der Waals surface area contributed by atoms with Gasteiger partial charge in [-0.1, -0.05) is 109 Å². The van der Waals surface area contributed by atoms with Gasteiger partial charge in [-0.05, 0) is 71.1 Å². The highest BCUT2D eigenvalue weighted by atomic mass is 15.0. The standard InChI is InChI=1S/C41H28N4/c1-3-13-29(14-4-1)39-42-40(30-15-5-2-6-16-30)44-41(43-39)31-19-23-32(24-20-31)45-35-25-21-27-11-7-9-17-33(27)37(35)38-34-18-10-8-12-28(34)22-26-36(38)45/h1-7,9-11,13-26H,8,12H2. The van der Waals surface area contributed by atoms with Gasteiger partial charge in [-0.2, -0.15) is 0 Å². The normalized spacial score (nSPS) is 12.6. The number of rotatable bonds is 4. The van der Waals surface area contributed by atoms with Crippen LogP contribution in [0.3, 0.4) is 0 Å². The maximum Gasteiger partial charge on any atom is 0.164 e. The van der Waals surface area contributed by atoms with Crippen LogP contribution in [0.2, 0.25) is 0 Å². The van der Waals surface area contributed by atoms with Crippen LogP contribution in [0, 0.1) is 0 Å². The second kappa shape index (κ2) is 10.4. The van der Waals surface area contributed by atoms with Crippen molar-refractivity contribution in [1.29, 1.82) is 0 Å². The summed E-state index contributed by atoms with van der Waals surface area (Å²) in [7, 11) is 0. The molecule has 0 saturated heterocycles. The highest BCUT2D eigenvalue weighted by molar-refractivity contribution is 6.23. The Balaban J connectivity index is 1.23. The molecule has 0 atom stereocenters. The minimum Gasteiger partial charge on any atom is -0.309 e. The molecule has 4 heteroatoms. The van der Waals surface area contributed by atoms with Crippen LogP contribution in [0.1, 0.15) is 17.5 Å². The van der Waals surface area contributed by atoms with Crippen LogP contribution in [0.25, 0.3) is 78.5 Å². The summed E-state index contributed by atoms with van der Waals surface area (Å²) < 4.78 is 2.40. The first-order valence-corrected chi connectivity index (χ1v) is 15.4. The van der Waals surface area contributed by atoms with Gasteiger partial charge in [-0.15, -0.1) is 0 Å². The molecule has 1 aliphatic carbocycles. The van der Waals surface area contributed by atoms with E-state index in [1.807, 2.05) is 60.7 Å². The monoisotopic (exact) mass is 576 g/mol. The molecule has 0 N–H and O–H groups in total. The molecule has 0 spiro atoms. The van der Waals surface area contributed by atoms with Crippen LogP contribution in [0.4, 0.5) is 0 Å². The van der Waals surface area contributed by atoms with Crippen molar-refractivity contribution in [1.82, 2.24) is 19.5 Å². The number of nitrogens with zero attached hydrogens (tertiary/aromatic N) is 4. The van der Waals surface area contributed by atoms with Gasteiger partial charge < -0.3 is 4.57 Å². The molecule has 1 aliphatic rings. The van der Waals surface area contributed by atoms with Gasteiger partial charge in [0.15, 0.2) is 17.5 Å². The van der Waals surface area contributed by atoms with Gasteiger partial charge in [0.05, 0.1) is 11.0 Å². The predicted octanol–water partition coefficient (Wildman–Crippen LogP) is 10.1. The summed E-state index contributed by atoms with van der Waals surface area (Å²) in [5.74, 6) is 1.98. The molecule has 0 aliphatic heterocycles. The molecule has 0 saturated carbocycles. The number of benzene rings is 6. The van der Waals surface area contributed by atoms with Gasteiger partial charge in [-0.25, -0.2) is 15.0 Å². The van der Waals surface area contributed by atoms with Gasteiger partial charge in [0.25, 0.3) is 0 Å². The Hall–Kier alpha value is -5.87. The first-order valence-electron chi connectivity index (χ1n) is 15.4. The third kappa shape index (κ3) is 4.26. The zero-order chi connectivity index (χ0) is 29.7. The van der Waals surface area contributed by atoms with E-state index in [1.54, 1.807) is 0 Å². The maximum atomic E-state index is 4.94. The Bertz CT molecular complexity index is 2350. The molecule has 212 valence electrons. The summed E-state index contributed by atoms with van der Waals surface area (Å²) in [6.07, 6.45) is 6.81. The molecule has 2 heterocycles. The van der Waals surface area contributed by atoms with E-state index in [9.17, 15) is 0 Å². The third-order valence-electron chi connectivity index (χ3n) is 8.90. The Morgan fingerprint density at radius 2 is 1.07 bits per heavy atom. The van der Waals surface area contributed by atoms with Crippen LogP contribution >= 0.6 is 0 Å². The van der Waals surface area contributed by atoms with E-state index in [-0.39, 0.29) is 0 Å². The smallest absolute Gasteiger partial charge is 0.164 e. The van der Waals surface area contributed by atoms with Crippen molar-refractivity contribution < 1.29 is 0 Å². The van der Waals surface area contributed by atoms with Crippen molar-refractivity contribution in [2.75, 3.05) is 0 Å². The summed E-state index contributed by atoms with van der Waals surface area (Å²) >= 11 is 0. The fraction of sp³-hybridized carbons (Fsp3) is 0.0488. The van der Waals surface area contributed by atoms with E-state index < -0.39 is 0 Å². The molecule has 0 unspecified atom stereocenters. The molecule has 9 rings (SSSR count). The van der Waals surface area contributed by atoms with E-state index in [0.29, 0.717) is 17.5 Å². The molecule has 0 bridgehead atoms. The number of allylic oxidation sites excluding steroid dienone is 1. The Morgan fingerprint density at radius 3 is 1.76 bits per heavy atom. The second-order valence-electron chi connectivity index (χ2n) is 11.6. The zero-order valence-corrected chi connectivity index (χ0v) is 24.6. The van der Waals surface area contributed by atoms with Crippen LogP contribution in [-0.4, -0.2) is 19.5 Å². The molecular weight excluding hydrogens is 548 g/mol. The SMILES string of the molecule is C1=Cc2c(ccc3c2c2c4ccccc4ccc2n3-c2ccc(-c3nc(-c4ccccc4)nc(-c4ccccc4)n3)cc2)CC1. The molecule has 0 amide bonds. The fourth-order valence-corrected chi connectivity index (χ4v) is 6.76. The molecular formula is C41H28N4. The lowest BCUT2D eigenvalue weighted by molar-refractivity contribution is 0.989. The quantitative estimate of drug-likeness (QED) is 0.209. The average molecular weight is 577 g/mol. The van der Waals surface area contributed by atoms with Crippen molar-refractivity contribution in [3.8, 4) is 39.9 Å². The van der Waals surface area contributed by atoms with Crippen molar-refractivity contribution in [2.24, 2.45) is 0 Å². The van der Waals surface area contributed by atoms with Crippen LogP contribution < -0.4 is 0 Å². The van der Waals surface area contributed by atoms with E-state index in [1.165, 1.54) is 43.7 Å². The number of hydrogen-bond donors (Lipinski definition) is 0. The lowest BCUT2D eigenvalue weighted by atomic mass is 9.92. The first-order chi connectivity index (χ1) is 22.3. The third-order valence-corrected chi connectivity index (χ3v) is 8.90. The highest BCUT2D eigenvalue weighted by Crippen LogP contribution is 2.41. The minimum atomic E-state index is 0.654. The summed E-state index contributed by atoms with van der Waals surface area (Å²) in [6.45, 7) is 0.